The lowest BCUT2D eigenvalue weighted by atomic mass is 9.87. The highest BCUT2D eigenvalue weighted by Gasteiger charge is 2.43. The monoisotopic (exact) mass is 307 g/mol. The smallest absolute Gasteiger partial charge is 0.0510 e. The Balaban J connectivity index is 2.12. The molecule has 1 fully saturated rings. The summed E-state index contributed by atoms with van der Waals surface area (Å²) in [4.78, 5) is 0. The molecule has 0 spiro atoms. The number of rotatable bonds is 5. The highest BCUT2D eigenvalue weighted by Crippen LogP contribution is 2.40. The molecular weight excluding hydrogens is 278 g/mol. The molecule has 0 saturated heterocycles. The van der Waals surface area contributed by atoms with Crippen molar-refractivity contribution in [3.63, 3.8) is 0 Å². The van der Waals surface area contributed by atoms with E-state index < -0.39 is 10.8 Å². The fraction of sp³-hybridized carbons (Fsp3) is 0.667. The zero-order chi connectivity index (χ0) is 15.6. The Kier molecular flexibility index (Phi) is 5.26. The second kappa shape index (κ2) is 6.62. The second-order valence-corrected chi connectivity index (χ2v) is 8.78. The van der Waals surface area contributed by atoms with Gasteiger partial charge in [0.1, 0.15) is 0 Å². The third-order valence-electron chi connectivity index (χ3n) is 4.64. The van der Waals surface area contributed by atoms with Crippen molar-refractivity contribution in [2.75, 3.05) is 6.54 Å². The van der Waals surface area contributed by atoms with E-state index in [0.29, 0.717) is 11.8 Å². The van der Waals surface area contributed by atoms with Gasteiger partial charge in [0.2, 0.25) is 0 Å². The minimum Gasteiger partial charge on any atom is -0.313 e. The molecule has 1 saturated carbocycles. The number of benzene rings is 1. The average molecular weight is 308 g/mol. The van der Waals surface area contributed by atoms with Crippen LogP contribution >= 0.6 is 0 Å². The zero-order valence-electron chi connectivity index (χ0n) is 14.0. The van der Waals surface area contributed by atoms with E-state index in [0.717, 1.165) is 19.4 Å². The Bertz CT molecular complexity index is 504. The first-order valence-electron chi connectivity index (χ1n) is 8.01. The predicted molar refractivity (Wildman–Crippen MR) is 92.0 cm³/mol. The maximum atomic E-state index is 12.9. The molecule has 0 amide bonds. The average Bonchev–Trinajstić information content (AvgIpc) is 2.64. The van der Waals surface area contributed by atoms with E-state index in [-0.39, 0.29) is 10.7 Å². The maximum absolute atomic E-state index is 12.9. The van der Waals surface area contributed by atoms with Crippen LogP contribution in [0.3, 0.4) is 0 Å². The molecular formula is C18H29NOS. The van der Waals surface area contributed by atoms with Crippen LogP contribution in [-0.2, 0) is 16.6 Å². The Morgan fingerprint density at radius 2 is 1.86 bits per heavy atom. The summed E-state index contributed by atoms with van der Waals surface area (Å²) < 4.78 is 12.9. The van der Waals surface area contributed by atoms with Gasteiger partial charge in [-0.2, -0.15) is 0 Å². The molecule has 1 aromatic carbocycles. The first-order chi connectivity index (χ1) is 9.83. The minimum absolute atomic E-state index is 0.249. The SMILES string of the molecule is CCNC1C(S(=O)Cc2cc(C)cc(C)c2)CCC1(C)C. The van der Waals surface area contributed by atoms with Crippen molar-refractivity contribution in [1.82, 2.24) is 5.32 Å². The highest BCUT2D eigenvalue weighted by molar-refractivity contribution is 7.84. The molecule has 0 bridgehead atoms. The first kappa shape index (κ1) is 16.7. The molecule has 1 aromatic rings. The van der Waals surface area contributed by atoms with Gasteiger partial charge in [-0.05, 0) is 44.2 Å². The third-order valence-corrected chi connectivity index (χ3v) is 6.44. The van der Waals surface area contributed by atoms with Crippen molar-refractivity contribution in [3.8, 4) is 0 Å². The first-order valence-corrected chi connectivity index (χ1v) is 9.39. The van der Waals surface area contributed by atoms with Crippen LogP contribution < -0.4 is 5.32 Å². The van der Waals surface area contributed by atoms with Gasteiger partial charge < -0.3 is 5.32 Å². The third kappa shape index (κ3) is 3.95. The molecule has 0 heterocycles. The molecule has 21 heavy (non-hydrogen) atoms. The summed E-state index contributed by atoms with van der Waals surface area (Å²) >= 11 is 0. The van der Waals surface area contributed by atoms with Crippen LogP contribution in [0, 0.1) is 19.3 Å². The van der Waals surface area contributed by atoms with Gasteiger partial charge in [0.05, 0.1) is 5.25 Å². The summed E-state index contributed by atoms with van der Waals surface area (Å²) in [6.07, 6.45) is 2.23. The Morgan fingerprint density at radius 1 is 1.24 bits per heavy atom. The lowest BCUT2D eigenvalue weighted by Crippen LogP contribution is -2.46. The molecule has 1 aliphatic rings. The van der Waals surface area contributed by atoms with E-state index in [2.05, 4.69) is 58.1 Å². The quantitative estimate of drug-likeness (QED) is 0.898. The number of hydrogen-bond acceptors (Lipinski definition) is 2. The van der Waals surface area contributed by atoms with E-state index >= 15 is 0 Å². The number of hydrogen-bond donors (Lipinski definition) is 1. The second-order valence-electron chi connectivity index (χ2n) is 7.12. The Labute approximate surface area is 132 Å². The number of nitrogens with one attached hydrogen (secondary N) is 1. The van der Waals surface area contributed by atoms with Crippen molar-refractivity contribution >= 4 is 10.8 Å². The zero-order valence-corrected chi connectivity index (χ0v) is 14.8. The normalized spacial score (nSPS) is 26.0. The van der Waals surface area contributed by atoms with E-state index in [4.69, 9.17) is 0 Å². The summed E-state index contributed by atoms with van der Waals surface area (Å²) in [5, 5.41) is 3.86. The van der Waals surface area contributed by atoms with Crippen LogP contribution in [0.4, 0.5) is 0 Å². The Morgan fingerprint density at radius 3 is 2.43 bits per heavy atom. The van der Waals surface area contributed by atoms with Crippen LogP contribution in [0.25, 0.3) is 0 Å². The van der Waals surface area contributed by atoms with Gasteiger partial charge in [-0.15, -0.1) is 0 Å². The Hall–Kier alpha value is -0.670. The van der Waals surface area contributed by atoms with Crippen molar-refractivity contribution < 1.29 is 4.21 Å². The van der Waals surface area contributed by atoms with Crippen LogP contribution in [0.5, 0.6) is 0 Å². The van der Waals surface area contributed by atoms with Crippen molar-refractivity contribution in [2.45, 2.75) is 64.5 Å². The van der Waals surface area contributed by atoms with E-state index in [9.17, 15) is 4.21 Å². The molecule has 0 aliphatic heterocycles. The molecule has 3 atom stereocenters. The van der Waals surface area contributed by atoms with E-state index in [1.807, 2.05) is 0 Å². The van der Waals surface area contributed by atoms with Gasteiger partial charge in [-0.25, -0.2) is 0 Å². The summed E-state index contributed by atoms with van der Waals surface area (Å²) in [5.41, 5.74) is 3.98. The van der Waals surface area contributed by atoms with Crippen molar-refractivity contribution in [2.24, 2.45) is 5.41 Å². The van der Waals surface area contributed by atoms with Crippen molar-refractivity contribution in [1.29, 1.82) is 0 Å². The summed E-state index contributed by atoms with van der Waals surface area (Å²) in [5.74, 6) is 0.686. The summed E-state index contributed by atoms with van der Waals surface area (Å²) in [6.45, 7) is 11.9. The van der Waals surface area contributed by atoms with Gasteiger partial charge in [0, 0.05) is 22.6 Å². The van der Waals surface area contributed by atoms with E-state index in [1.54, 1.807) is 0 Å². The standard InChI is InChI=1S/C18H29NOS/c1-6-19-17-16(7-8-18(17,4)5)21(20)12-15-10-13(2)9-14(3)11-15/h9-11,16-17,19H,6-8,12H2,1-5H3. The lowest BCUT2D eigenvalue weighted by Gasteiger charge is -2.31. The van der Waals surface area contributed by atoms with Gasteiger partial charge >= 0.3 is 0 Å². The molecule has 1 aliphatic carbocycles. The fourth-order valence-electron chi connectivity index (χ4n) is 3.67. The van der Waals surface area contributed by atoms with Gasteiger partial charge in [-0.3, -0.25) is 4.21 Å². The number of aryl methyl sites for hydroxylation is 2. The molecule has 0 radical (unpaired) electrons. The van der Waals surface area contributed by atoms with E-state index in [1.165, 1.54) is 16.7 Å². The van der Waals surface area contributed by atoms with Gasteiger partial charge in [-0.1, -0.05) is 50.1 Å². The van der Waals surface area contributed by atoms with Crippen LogP contribution in [0.15, 0.2) is 18.2 Å². The topological polar surface area (TPSA) is 29.1 Å². The maximum Gasteiger partial charge on any atom is 0.0510 e. The molecule has 2 rings (SSSR count). The predicted octanol–water partition coefficient (Wildman–Crippen LogP) is 3.72. The van der Waals surface area contributed by atoms with Crippen LogP contribution in [0.2, 0.25) is 0 Å². The molecule has 0 aromatic heterocycles. The van der Waals surface area contributed by atoms with Gasteiger partial charge in [0.25, 0.3) is 0 Å². The lowest BCUT2D eigenvalue weighted by molar-refractivity contribution is 0.289. The molecule has 1 N–H and O–H groups in total. The summed E-state index contributed by atoms with van der Waals surface area (Å²) in [7, 11) is -0.804. The summed E-state index contributed by atoms with van der Waals surface area (Å²) in [6, 6.07) is 6.89. The molecule has 3 heteroatoms. The minimum atomic E-state index is -0.804. The molecule has 3 unspecified atom stereocenters. The molecule has 118 valence electrons. The van der Waals surface area contributed by atoms with Crippen LogP contribution in [-0.4, -0.2) is 22.0 Å². The highest BCUT2D eigenvalue weighted by atomic mass is 32.2. The van der Waals surface area contributed by atoms with Crippen LogP contribution in [0.1, 0.15) is 50.3 Å². The fourth-order valence-corrected chi connectivity index (χ4v) is 5.53. The largest absolute Gasteiger partial charge is 0.313 e. The van der Waals surface area contributed by atoms with Gasteiger partial charge in [0.15, 0.2) is 0 Å². The van der Waals surface area contributed by atoms with Crippen molar-refractivity contribution in [3.05, 3.63) is 34.9 Å². The molecule has 2 nitrogen and oxygen atoms in total.